The van der Waals surface area contributed by atoms with Crippen molar-refractivity contribution >= 4 is 0 Å². The van der Waals surface area contributed by atoms with Gasteiger partial charge < -0.3 is 14.6 Å². The molecule has 2 atom stereocenters. The van der Waals surface area contributed by atoms with Gasteiger partial charge in [0.2, 0.25) is 0 Å². The second-order valence-electron chi connectivity index (χ2n) is 6.80. The van der Waals surface area contributed by atoms with Crippen molar-refractivity contribution in [2.45, 2.75) is 18.8 Å². The van der Waals surface area contributed by atoms with Crippen LogP contribution in [0, 0.1) is 6.92 Å². The number of rotatable bonds is 3. The fraction of sp³-hybridized carbons (Fsp3) is 0.217. The monoisotopic (exact) mass is 346 g/mol. The van der Waals surface area contributed by atoms with E-state index in [1.807, 2.05) is 18.2 Å². The van der Waals surface area contributed by atoms with Gasteiger partial charge in [-0.15, -0.1) is 0 Å². The Bertz CT molecular complexity index is 898. The van der Waals surface area contributed by atoms with Crippen LogP contribution in [0.3, 0.4) is 0 Å². The van der Waals surface area contributed by atoms with Crippen LogP contribution in [0.15, 0.2) is 66.7 Å². The smallest absolute Gasteiger partial charge is 0.126 e. The van der Waals surface area contributed by atoms with Crippen LogP contribution in [-0.2, 0) is 0 Å². The molecule has 1 heterocycles. The molecule has 4 rings (SSSR count). The van der Waals surface area contributed by atoms with E-state index in [1.54, 1.807) is 19.2 Å². The van der Waals surface area contributed by atoms with Crippen LogP contribution in [-0.4, -0.2) is 18.8 Å². The lowest BCUT2D eigenvalue weighted by Gasteiger charge is -2.34. The molecule has 3 aromatic rings. The number of fused-ring (bicyclic) bond motifs is 1. The highest BCUT2D eigenvalue weighted by molar-refractivity contribution is 5.51. The summed E-state index contributed by atoms with van der Waals surface area (Å²) in [5.41, 5.74) is 4.82. The van der Waals surface area contributed by atoms with Crippen LogP contribution >= 0.6 is 0 Å². The topological polar surface area (TPSA) is 38.7 Å². The van der Waals surface area contributed by atoms with Gasteiger partial charge in [0, 0.05) is 23.5 Å². The lowest BCUT2D eigenvalue weighted by molar-refractivity contribution is 0.247. The molecule has 0 saturated heterocycles. The maximum atomic E-state index is 9.83. The van der Waals surface area contributed by atoms with Crippen LogP contribution in [0.4, 0.5) is 0 Å². The molecule has 26 heavy (non-hydrogen) atoms. The van der Waals surface area contributed by atoms with E-state index in [0.29, 0.717) is 6.61 Å². The van der Waals surface area contributed by atoms with Gasteiger partial charge in [0.15, 0.2) is 0 Å². The lowest BCUT2D eigenvalue weighted by atomic mass is 9.76. The molecular formula is C23H22O3. The summed E-state index contributed by atoms with van der Waals surface area (Å²) >= 11 is 0. The number of ether oxygens (including phenoxy) is 2. The van der Waals surface area contributed by atoms with Crippen molar-refractivity contribution in [3.8, 4) is 17.2 Å². The zero-order valence-corrected chi connectivity index (χ0v) is 15.0. The molecule has 0 spiro atoms. The molecule has 3 nitrogen and oxygen atoms in total. The fourth-order valence-electron chi connectivity index (χ4n) is 3.72. The number of aryl methyl sites for hydroxylation is 1. The van der Waals surface area contributed by atoms with Crippen LogP contribution in [0.5, 0.6) is 17.2 Å². The maximum Gasteiger partial charge on any atom is 0.126 e. The minimum Gasteiger partial charge on any atom is -0.508 e. The van der Waals surface area contributed by atoms with E-state index in [0.717, 1.165) is 17.1 Å². The zero-order chi connectivity index (χ0) is 18.1. The molecule has 0 fully saturated rings. The van der Waals surface area contributed by atoms with Crippen molar-refractivity contribution < 1.29 is 14.6 Å². The molecule has 132 valence electrons. The van der Waals surface area contributed by atoms with Crippen molar-refractivity contribution in [3.63, 3.8) is 0 Å². The first kappa shape index (κ1) is 16.5. The van der Waals surface area contributed by atoms with Gasteiger partial charge in [-0.3, -0.25) is 0 Å². The third kappa shape index (κ3) is 3.01. The van der Waals surface area contributed by atoms with E-state index in [2.05, 4.69) is 43.3 Å². The van der Waals surface area contributed by atoms with Crippen LogP contribution in [0.2, 0.25) is 0 Å². The maximum absolute atomic E-state index is 9.83. The van der Waals surface area contributed by atoms with Gasteiger partial charge in [0.1, 0.15) is 17.2 Å². The van der Waals surface area contributed by atoms with E-state index in [4.69, 9.17) is 9.47 Å². The molecule has 0 radical (unpaired) electrons. The van der Waals surface area contributed by atoms with Gasteiger partial charge in [-0.25, -0.2) is 0 Å². The molecule has 0 bridgehead atoms. The fourth-order valence-corrected chi connectivity index (χ4v) is 3.72. The number of phenolic OH excluding ortho intramolecular Hbond substituents is 1. The number of aromatic hydroxyl groups is 1. The minimum absolute atomic E-state index is 0.160. The first-order valence-electron chi connectivity index (χ1n) is 8.82. The van der Waals surface area contributed by atoms with Gasteiger partial charge in [0.25, 0.3) is 0 Å². The van der Waals surface area contributed by atoms with Crippen molar-refractivity contribution in [1.29, 1.82) is 0 Å². The summed E-state index contributed by atoms with van der Waals surface area (Å²) in [4.78, 5) is 0. The highest BCUT2D eigenvalue weighted by atomic mass is 16.5. The minimum atomic E-state index is 0.160. The molecule has 1 aliphatic heterocycles. The number of phenols is 1. The number of hydrogen-bond acceptors (Lipinski definition) is 3. The molecule has 3 aromatic carbocycles. The Hall–Kier alpha value is -2.94. The number of hydrogen-bond donors (Lipinski definition) is 1. The summed E-state index contributed by atoms with van der Waals surface area (Å²) in [7, 11) is 1.68. The van der Waals surface area contributed by atoms with E-state index in [1.165, 1.54) is 16.7 Å². The summed E-state index contributed by atoms with van der Waals surface area (Å²) < 4.78 is 11.3. The van der Waals surface area contributed by atoms with E-state index in [-0.39, 0.29) is 17.6 Å². The molecule has 0 aliphatic carbocycles. The first-order chi connectivity index (χ1) is 12.7. The van der Waals surface area contributed by atoms with Gasteiger partial charge in [-0.1, -0.05) is 48.0 Å². The SMILES string of the molecule is COc1ccc([C@@H]2c3ccc(O)cc3OC[C@@H]2c2ccc(C)cc2)cc1. The van der Waals surface area contributed by atoms with Gasteiger partial charge in [-0.2, -0.15) is 0 Å². The summed E-state index contributed by atoms with van der Waals surface area (Å²) in [5, 5.41) is 9.83. The van der Waals surface area contributed by atoms with Gasteiger partial charge >= 0.3 is 0 Å². The van der Waals surface area contributed by atoms with Crippen molar-refractivity contribution in [1.82, 2.24) is 0 Å². The molecular weight excluding hydrogens is 324 g/mol. The Morgan fingerprint density at radius 2 is 1.62 bits per heavy atom. The Morgan fingerprint density at radius 1 is 0.923 bits per heavy atom. The molecule has 0 unspecified atom stereocenters. The van der Waals surface area contributed by atoms with Crippen LogP contribution in [0.25, 0.3) is 0 Å². The third-order valence-electron chi connectivity index (χ3n) is 5.13. The molecule has 0 amide bonds. The first-order valence-corrected chi connectivity index (χ1v) is 8.82. The molecule has 3 heteroatoms. The Labute approximate surface area is 153 Å². The average Bonchev–Trinajstić information content (AvgIpc) is 2.68. The van der Waals surface area contributed by atoms with Crippen molar-refractivity contribution in [2.24, 2.45) is 0 Å². The van der Waals surface area contributed by atoms with E-state index >= 15 is 0 Å². The predicted molar refractivity (Wildman–Crippen MR) is 102 cm³/mol. The second-order valence-corrected chi connectivity index (χ2v) is 6.80. The van der Waals surface area contributed by atoms with Gasteiger partial charge in [-0.05, 0) is 36.2 Å². The Kier molecular flexibility index (Phi) is 4.29. The van der Waals surface area contributed by atoms with Crippen LogP contribution in [0.1, 0.15) is 34.1 Å². The summed E-state index contributed by atoms with van der Waals surface area (Å²) in [6, 6.07) is 22.3. The Balaban J connectivity index is 1.82. The standard InChI is InChI=1S/C23H22O3/c1-15-3-5-16(6-4-15)21-14-26-22-13-18(24)9-12-20(22)23(21)17-7-10-19(25-2)11-8-17/h3-13,21,23-24H,14H2,1-2H3/t21-,23-/m1/s1. The predicted octanol–water partition coefficient (Wildman–Crippen LogP) is 5.02. The quantitative estimate of drug-likeness (QED) is 0.724. The lowest BCUT2D eigenvalue weighted by Crippen LogP contribution is -2.25. The number of benzene rings is 3. The highest BCUT2D eigenvalue weighted by Crippen LogP contribution is 2.47. The molecule has 1 N–H and O–H groups in total. The van der Waals surface area contributed by atoms with Crippen molar-refractivity contribution in [3.05, 3.63) is 89.0 Å². The normalized spacial score (nSPS) is 18.7. The largest absolute Gasteiger partial charge is 0.508 e. The third-order valence-corrected chi connectivity index (χ3v) is 5.13. The Morgan fingerprint density at radius 3 is 2.31 bits per heavy atom. The molecule has 0 saturated carbocycles. The zero-order valence-electron chi connectivity index (χ0n) is 15.0. The highest BCUT2D eigenvalue weighted by Gasteiger charge is 2.33. The second kappa shape index (κ2) is 6.75. The number of methoxy groups -OCH3 is 1. The van der Waals surface area contributed by atoms with Crippen LogP contribution < -0.4 is 9.47 Å². The summed E-state index contributed by atoms with van der Waals surface area (Å²) in [6.07, 6.45) is 0. The van der Waals surface area contributed by atoms with Crippen molar-refractivity contribution in [2.75, 3.05) is 13.7 Å². The molecule has 0 aromatic heterocycles. The van der Waals surface area contributed by atoms with E-state index in [9.17, 15) is 5.11 Å². The van der Waals surface area contributed by atoms with Gasteiger partial charge in [0.05, 0.1) is 13.7 Å². The molecule has 1 aliphatic rings. The summed E-state index contributed by atoms with van der Waals surface area (Å²) in [5.74, 6) is 2.20. The van der Waals surface area contributed by atoms with E-state index < -0.39 is 0 Å². The average molecular weight is 346 g/mol. The summed E-state index contributed by atoms with van der Waals surface area (Å²) in [6.45, 7) is 2.68.